The molecule has 1 aliphatic rings. The van der Waals surface area contributed by atoms with Gasteiger partial charge in [0.15, 0.2) is 0 Å². The molecule has 2 N–H and O–H groups in total. The van der Waals surface area contributed by atoms with Gasteiger partial charge in [-0.1, -0.05) is 42.5 Å². The van der Waals surface area contributed by atoms with Crippen molar-refractivity contribution in [1.29, 1.82) is 0 Å². The molecule has 2 heterocycles. The number of benzene rings is 3. The molecular formula is C23H17N3O3. The SMILES string of the molecule is O=C(Nc1nc2ccccc2[nH]1)c1ccc2c(c1)CC(c1ccccc1)OC2=O. The molecule has 4 aromatic rings. The maximum atomic E-state index is 12.7. The summed E-state index contributed by atoms with van der Waals surface area (Å²) in [5.41, 5.74) is 4.32. The minimum atomic E-state index is -0.371. The van der Waals surface area contributed by atoms with E-state index in [4.69, 9.17) is 4.74 Å². The molecular weight excluding hydrogens is 366 g/mol. The van der Waals surface area contributed by atoms with Gasteiger partial charge in [0.25, 0.3) is 5.91 Å². The standard InChI is InChI=1S/C23H17N3O3/c27-21(26-23-24-18-8-4-5-9-19(18)25-23)15-10-11-17-16(12-15)13-20(29-22(17)28)14-6-2-1-3-7-14/h1-12,20H,13H2,(H2,24,25,26,27). The number of carbonyl (C=O) groups excluding carboxylic acids is 2. The van der Waals surface area contributed by atoms with Crippen LogP contribution < -0.4 is 5.32 Å². The lowest BCUT2D eigenvalue weighted by atomic mass is 9.93. The molecule has 1 unspecified atom stereocenters. The van der Waals surface area contributed by atoms with Crippen LogP contribution in [0, 0.1) is 0 Å². The average Bonchev–Trinajstić information content (AvgIpc) is 3.16. The Labute approximate surface area is 166 Å². The lowest BCUT2D eigenvalue weighted by molar-refractivity contribution is 0.0252. The van der Waals surface area contributed by atoms with E-state index in [0.29, 0.717) is 23.5 Å². The van der Waals surface area contributed by atoms with Crippen molar-refractivity contribution in [3.8, 4) is 0 Å². The first-order valence-corrected chi connectivity index (χ1v) is 9.32. The van der Waals surface area contributed by atoms with Gasteiger partial charge in [0, 0.05) is 12.0 Å². The summed E-state index contributed by atoms with van der Waals surface area (Å²) in [6.45, 7) is 0. The monoisotopic (exact) mass is 383 g/mol. The number of aromatic nitrogens is 2. The molecule has 6 heteroatoms. The van der Waals surface area contributed by atoms with E-state index in [1.165, 1.54) is 0 Å². The van der Waals surface area contributed by atoms with Crippen molar-refractivity contribution in [3.05, 3.63) is 95.1 Å². The number of cyclic esters (lactones) is 1. The van der Waals surface area contributed by atoms with Gasteiger partial charge >= 0.3 is 5.97 Å². The second-order valence-electron chi connectivity index (χ2n) is 6.94. The number of aromatic amines is 1. The second kappa shape index (κ2) is 6.91. The Balaban J connectivity index is 1.41. The fourth-order valence-corrected chi connectivity index (χ4v) is 3.58. The number of ether oxygens (including phenoxy) is 1. The van der Waals surface area contributed by atoms with E-state index >= 15 is 0 Å². The van der Waals surface area contributed by atoms with E-state index in [1.807, 2.05) is 54.6 Å². The Morgan fingerprint density at radius 3 is 2.66 bits per heavy atom. The van der Waals surface area contributed by atoms with E-state index in [-0.39, 0.29) is 18.0 Å². The summed E-state index contributed by atoms with van der Waals surface area (Å²) in [4.78, 5) is 32.6. The maximum Gasteiger partial charge on any atom is 0.339 e. The van der Waals surface area contributed by atoms with Gasteiger partial charge in [-0.15, -0.1) is 0 Å². The van der Waals surface area contributed by atoms with E-state index in [9.17, 15) is 9.59 Å². The molecule has 3 aromatic carbocycles. The molecule has 0 aliphatic carbocycles. The lowest BCUT2D eigenvalue weighted by Crippen LogP contribution is -2.23. The number of fused-ring (bicyclic) bond motifs is 2. The first-order chi connectivity index (χ1) is 14.2. The average molecular weight is 383 g/mol. The fourth-order valence-electron chi connectivity index (χ4n) is 3.58. The van der Waals surface area contributed by atoms with Gasteiger partial charge < -0.3 is 9.72 Å². The van der Waals surface area contributed by atoms with Crippen molar-refractivity contribution in [2.45, 2.75) is 12.5 Å². The Morgan fingerprint density at radius 2 is 1.83 bits per heavy atom. The molecule has 0 radical (unpaired) electrons. The summed E-state index contributed by atoms with van der Waals surface area (Å²) in [5.74, 6) is -0.276. The number of amides is 1. The summed E-state index contributed by atoms with van der Waals surface area (Å²) in [5, 5.41) is 2.79. The summed E-state index contributed by atoms with van der Waals surface area (Å²) < 4.78 is 5.57. The number of para-hydroxylation sites is 2. The highest BCUT2D eigenvalue weighted by atomic mass is 16.5. The third-order valence-electron chi connectivity index (χ3n) is 5.03. The number of imidazole rings is 1. The Bertz CT molecular complexity index is 1200. The van der Waals surface area contributed by atoms with Crippen molar-refractivity contribution in [2.75, 3.05) is 5.32 Å². The van der Waals surface area contributed by atoms with Gasteiger partial charge in [0.1, 0.15) is 6.10 Å². The molecule has 5 rings (SSSR count). The molecule has 0 fully saturated rings. The van der Waals surface area contributed by atoms with Crippen LogP contribution in [0.2, 0.25) is 0 Å². The molecule has 0 saturated carbocycles. The third-order valence-corrected chi connectivity index (χ3v) is 5.03. The van der Waals surface area contributed by atoms with Crippen LogP contribution in [0.1, 0.15) is 37.9 Å². The Hall–Kier alpha value is -3.93. The van der Waals surface area contributed by atoms with Crippen LogP contribution in [0.3, 0.4) is 0 Å². The van der Waals surface area contributed by atoms with Crippen LogP contribution in [0.5, 0.6) is 0 Å². The summed E-state index contributed by atoms with van der Waals surface area (Å²) >= 11 is 0. The molecule has 1 aromatic heterocycles. The number of hydrogen-bond acceptors (Lipinski definition) is 4. The zero-order chi connectivity index (χ0) is 19.8. The number of carbonyl (C=O) groups is 2. The van der Waals surface area contributed by atoms with Crippen LogP contribution >= 0.6 is 0 Å². The van der Waals surface area contributed by atoms with Gasteiger partial charge in [-0.2, -0.15) is 0 Å². The number of H-pyrrole nitrogens is 1. The first-order valence-electron chi connectivity index (χ1n) is 9.32. The lowest BCUT2D eigenvalue weighted by Gasteiger charge is -2.25. The smallest absolute Gasteiger partial charge is 0.339 e. The van der Waals surface area contributed by atoms with Crippen molar-refractivity contribution in [2.24, 2.45) is 0 Å². The Kier molecular flexibility index (Phi) is 4.09. The first kappa shape index (κ1) is 17.2. The summed E-state index contributed by atoms with van der Waals surface area (Å²) in [6.07, 6.45) is 0.168. The van der Waals surface area contributed by atoms with Crippen LogP contribution in [0.4, 0.5) is 5.95 Å². The minimum absolute atomic E-state index is 0.290. The molecule has 29 heavy (non-hydrogen) atoms. The normalized spacial score (nSPS) is 15.6. The van der Waals surface area contributed by atoms with Crippen LogP contribution in [0.15, 0.2) is 72.8 Å². The van der Waals surface area contributed by atoms with Gasteiger partial charge in [-0.3, -0.25) is 10.1 Å². The molecule has 1 aliphatic heterocycles. The predicted octanol–water partition coefficient (Wildman–Crippen LogP) is 4.27. The molecule has 0 saturated heterocycles. The van der Waals surface area contributed by atoms with Crippen LogP contribution in [-0.4, -0.2) is 21.8 Å². The van der Waals surface area contributed by atoms with E-state index in [2.05, 4.69) is 15.3 Å². The van der Waals surface area contributed by atoms with Gasteiger partial charge in [-0.25, -0.2) is 9.78 Å². The molecule has 1 atom stereocenters. The highest BCUT2D eigenvalue weighted by Crippen LogP contribution is 2.31. The van der Waals surface area contributed by atoms with Gasteiger partial charge in [-0.05, 0) is 41.5 Å². The van der Waals surface area contributed by atoms with Gasteiger partial charge in [0.05, 0.1) is 16.6 Å². The number of anilines is 1. The zero-order valence-electron chi connectivity index (χ0n) is 15.4. The molecule has 1 amide bonds. The van der Waals surface area contributed by atoms with Crippen molar-refractivity contribution in [3.63, 3.8) is 0 Å². The van der Waals surface area contributed by atoms with Crippen molar-refractivity contribution in [1.82, 2.24) is 9.97 Å². The summed E-state index contributed by atoms with van der Waals surface area (Å²) in [6, 6.07) is 22.2. The maximum absolute atomic E-state index is 12.7. The largest absolute Gasteiger partial charge is 0.454 e. The topological polar surface area (TPSA) is 84.1 Å². The van der Waals surface area contributed by atoms with Crippen molar-refractivity contribution < 1.29 is 14.3 Å². The molecule has 6 nitrogen and oxygen atoms in total. The fraction of sp³-hybridized carbons (Fsp3) is 0.0870. The highest BCUT2D eigenvalue weighted by molar-refractivity contribution is 6.05. The highest BCUT2D eigenvalue weighted by Gasteiger charge is 2.28. The number of hydrogen-bond donors (Lipinski definition) is 2. The van der Waals surface area contributed by atoms with Crippen LogP contribution in [0.25, 0.3) is 11.0 Å². The minimum Gasteiger partial charge on any atom is -0.454 e. The third kappa shape index (κ3) is 3.25. The number of nitrogens with one attached hydrogen (secondary N) is 2. The number of rotatable bonds is 3. The van der Waals surface area contributed by atoms with E-state index in [0.717, 1.165) is 22.2 Å². The molecule has 142 valence electrons. The van der Waals surface area contributed by atoms with E-state index in [1.54, 1.807) is 18.2 Å². The number of esters is 1. The quantitative estimate of drug-likeness (QED) is 0.518. The zero-order valence-corrected chi connectivity index (χ0v) is 15.4. The molecule has 0 spiro atoms. The number of nitrogens with zero attached hydrogens (tertiary/aromatic N) is 1. The van der Waals surface area contributed by atoms with Gasteiger partial charge in [0.2, 0.25) is 5.95 Å². The second-order valence-corrected chi connectivity index (χ2v) is 6.94. The van der Waals surface area contributed by atoms with E-state index < -0.39 is 0 Å². The predicted molar refractivity (Wildman–Crippen MR) is 109 cm³/mol. The van der Waals surface area contributed by atoms with Crippen molar-refractivity contribution >= 4 is 28.9 Å². The summed E-state index contributed by atoms with van der Waals surface area (Å²) in [7, 11) is 0. The Morgan fingerprint density at radius 1 is 1.03 bits per heavy atom. The van der Waals surface area contributed by atoms with Crippen LogP contribution in [-0.2, 0) is 11.2 Å². The molecule has 0 bridgehead atoms.